The van der Waals surface area contributed by atoms with Gasteiger partial charge in [-0.2, -0.15) is 0 Å². The third kappa shape index (κ3) is 1.31. The predicted molar refractivity (Wildman–Crippen MR) is 12.7 cm³/mol. The highest BCUT2D eigenvalue weighted by Crippen LogP contribution is 1.39. The van der Waals surface area contributed by atoms with Gasteiger partial charge in [0.05, 0.1) is 0 Å². The number of nitrogens with two attached hydrogens (primary N) is 1. The number of hydrogen-bond acceptors (Lipinski definition) is 2. The van der Waals surface area contributed by atoms with Crippen molar-refractivity contribution in [1.29, 1.82) is 0 Å². The topological polar surface area (TPSA) is 38.4 Å². The average molecular weight is 61.0 g/mol. The number of hydrogen-bond donors (Lipinski definition) is 1. The largest absolute Gasteiger partial charge is 0.665 e. The summed E-state index contributed by atoms with van der Waals surface area (Å²) in [7, 11) is 0. The van der Waals surface area contributed by atoms with Gasteiger partial charge in [-0.15, -0.1) is 0 Å². The number of halogens is 1. The van der Waals surface area contributed by atoms with Crippen LogP contribution in [0.3, 0.4) is 0 Å². The maximum absolute atomic E-state index is 10.2. The minimum atomic E-state index is 0.833. The Morgan fingerprint density at radius 1 is 2.00 bits per heavy atom. The van der Waals surface area contributed by atoms with E-state index in [1.165, 1.54) is 0 Å². The molecule has 0 bridgehead atoms. The van der Waals surface area contributed by atoms with E-state index in [1.54, 1.807) is 0 Å². The second-order valence-electron chi connectivity index (χ2n) is 0.214. The molecule has 0 rings (SSSR count). The Kier molecular flexibility index (Phi) is 1.91. The highest BCUT2D eigenvalue weighted by molar-refractivity contribution is 5.43. The Bertz CT molecular complexity index is 21.2. The number of hydrazone groups is 1. The van der Waals surface area contributed by atoms with Gasteiger partial charge in [0, 0.05) is 0 Å². The highest BCUT2D eigenvalue weighted by atomic mass is 19.1. The zero-order chi connectivity index (χ0) is 3.41. The molecule has 0 radical (unpaired) electrons. The molecule has 0 heterocycles. The van der Waals surface area contributed by atoms with Crippen molar-refractivity contribution < 1.29 is 4.39 Å². The van der Waals surface area contributed by atoms with Crippen LogP contribution >= 0.6 is 0 Å². The van der Waals surface area contributed by atoms with E-state index in [1.807, 2.05) is 0 Å². The quantitative estimate of drug-likeness (QED) is 0.178. The minimum Gasteiger partial charge on any atom is -0.274 e. The van der Waals surface area contributed by atoms with Crippen LogP contribution in [0.4, 0.5) is 4.39 Å². The molecule has 0 aliphatic heterocycles. The molecular weight excluding hydrogens is 59.0 g/mol. The van der Waals surface area contributed by atoms with Gasteiger partial charge in [-0.3, -0.25) is 5.84 Å². The zero-order valence-electron chi connectivity index (χ0n) is 1.90. The molecule has 2 N–H and O–H groups in total. The van der Waals surface area contributed by atoms with E-state index in [2.05, 4.69) is 10.9 Å². The van der Waals surface area contributed by atoms with E-state index in [0.717, 1.165) is 6.47 Å². The first-order valence-corrected chi connectivity index (χ1v) is 0.671. The first-order chi connectivity index (χ1) is 1.91. The van der Waals surface area contributed by atoms with Crippen LogP contribution < -0.4 is 5.84 Å². The number of rotatable bonds is 0. The van der Waals surface area contributed by atoms with Gasteiger partial charge in [0.1, 0.15) is 9.49 Å². The molecule has 0 amide bonds. The van der Waals surface area contributed by atoms with E-state index in [4.69, 9.17) is 0 Å². The summed E-state index contributed by atoms with van der Waals surface area (Å²) in [6.45, 7) is 0.833. The van der Waals surface area contributed by atoms with Crippen molar-refractivity contribution in [2.24, 2.45) is 10.9 Å². The molecule has 0 aromatic rings. The molecule has 0 spiro atoms. The fourth-order valence-corrected chi connectivity index (χ4v) is 0. The Morgan fingerprint density at radius 2 is 2.25 bits per heavy atom. The van der Waals surface area contributed by atoms with Crippen LogP contribution in [-0.2, 0) is 0 Å². The van der Waals surface area contributed by atoms with Crippen LogP contribution in [-0.4, -0.2) is 6.47 Å². The fraction of sp³-hybridized carbons (Fsp3) is 0. The molecule has 0 saturated carbocycles. The molecule has 0 aromatic carbocycles. The monoisotopic (exact) mass is 61.0 g/mol. The van der Waals surface area contributed by atoms with E-state index in [9.17, 15) is 4.39 Å². The van der Waals surface area contributed by atoms with Crippen molar-refractivity contribution in [1.82, 2.24) is 0 Å². The van der Waals surface area contributed by atoms with Gasteiger partial charge in [-0.05, 0) is 0 Å². The summed E-state index contributed by atoms with van der Waals surface area (Å²) in [6.07, 6.45) is 0. The molecule has 0 saturated heterocycles. The lowest BCUT2D eigenvalue weighted by Crippen LogP contribution is -1.73. The smallest absolute Gasteiger partial charge is 0.274 e. The van der Waals surface area contributed by atoms with Crippen molar-refractivity contribution in [3.05, 3.63) is 0 Å². The normalized spacial score (nSPS) is 7.25. The first-order valence-electron chi connectivity index (χ1n) is 0.671. The molecule has 0 fully saturated rings. The Morgan fingerprint density at radius 3 is 2.25 bits per heavy atom. The van der Waals surface area contributed by atoms with Crippen LogP contribution in [0.5, 0.6) is 0 Å². The summed E-state index contributed by atoms with van der Waals surface area (Å²) < 4.78 is 10.2. The SMILES string of the molecule is NN=[C+]F. The summed E-state index contributed by atoms with van der Waals surface area (Å²) >= 11 is 0. The minimum absolute atomic E-state index is 0.833. The summed E-state index contributed by atoms with van der Waals surface area (Å²) in [6, 6.07) is 0. The lowest BCUT2D eigenvalue weighted by molar-refractivity contribution is 0.832. The molecule has 3 heteroatoms. The van der Waals surface area contributed by atoms with Crippen molar-refractivity contribution in [2.45, 2.75) is 0 Å². The lowest BCUT2D eigenvalue weighted by atomic mass is 11.6. The van der Waals surface area contributed by atoms with Crippen molar-refractivity contribution in [3.63, 3.8) is 0 Å². The molecule has 0 atom stereocenters. The van der Waals surface area contributed by atoms with E-state index >= 15 is 0 Å². The summed E-state index contributed by atoms with van der Waals surface area (Å²) in [5, 5.41) is 2.32. The molecular formula is CH2FN2+. The summed E-state index contributed by atoms with van der Waals surface area (Å²) in [5.74, 6) is 4.17. The Balaban J connectivity index is 2.55. The Hall–Kier alpha value is -0.690. The fourth-order valence-electron chi connectivity index (χ4n) is 0. The molecule has 22 valence electrons. The maximum Gasteiger partial charge on any atom is 0.665 e. The van der Waals surface area contributed by atoms with Gasteiger partial charge >= 0.3 is 6.47 Å². The second-order valence-corrected chi connectivity index (χ2v) is 0.214. The maximum atomic E-state index is 10.2. The third-order valence-corrected chi connectivity index (χ3v) is 0.0488. The van der Waals surface area contributed by atoms with Gasteiger partial charge in [0.25, 0.3) is 0 Å². The van der Waals surface area contributed by atoms with E-state index in [0.29, 0.717) is 0 Å². The van der Waals surface area contributed by atoms with Gasteiger partial charge in [0.15, 0.2) is 0 Å². The van der Waals surface area contributed by atoms with Gasteiger partial charge in [0.2, 0.25) is 0 Å². The molecule has 4 heavy (non-hydrogen) atoms. The second kappa shape index (κ2) is 2.31. The predicted octanol–water partition coefficient (Wildman–Crippen LogP) is -0.265. The first kappa shape index (κ1) is 3.31. The summed E-state index contributed by atoms with van der Waals surface area (Å²) in [4.78, 5) is 0. The van der Waals surface area contributed by atoms with Crippen molar-refractivity contribution in [2.75, 3.05) is 0 Å². The molecule has 0 aliphatic rings. The lowest BCUT2D eigenvalue weighted by Gasteiger charge is -1.28. The van der Waals surface area contributed by atoms with Crippen LogP contribution in [0.15, 0.2) is 5.10 Å². The third-order valence-electron chi connectivity index (χ3n) is 0.0488. The van der Waals surface area contributed by atoms with Gasteiger partial charge < -0.3 is 0 Å². The standard InChI is InChI=1S/CH2FN2/c2-1-4-3/h3H2/q+1. The zero-order valence-corrected chi connectivity index (χ0v) is 1.90. The average Bonchev–Trinajstić information content (AvgIpc) is 1.37. The van der Waals surface area contributed by atoms with Crippen LogP contribution in [0, 0.1) is 0 Å². The molecule has 0 aliphatic carbocycles. The van der Waals surface area contributed by atoms with E-state index < -0.39 is 0 Å². The van der Waals surface area contributed by atoms with Crippen LogP contribution in [0.1, 0.15) is 0 Å². The molecule has 0 unspecified atom stereocenters. The van der Waals surface area contributed by atoms with Gasteiger partial charge in [-0.1, -0.05) is 0 Å². The Labute approximate surface area is 23.1 Å². The van der Waals surface area contributed by atoms with Crippen molar-refractivity contribution >= 4 is 6.47 Å². The van der Waals surface area contributed by atoms with Crippen LogP contribution in [0.25, 0.3) is 0 Å². The van der Waals surface area contributed by atoms with Crippen LogP contribution in [0.2, 0.25) is 0 Å². The molecule has 0 aromatic heterocycles. The van der Waals surface area contributed by atoms with E-state index in [-0.39, 0.29) is 0 Å². The highest BCUT2D eigenvalue weighted by Gasteiger charge is 1.73. The number of nitrogens with zero attached hydrogens (tertiary/aromatic N) is 1. The van der Waals surface area contributed by atoms with Gasteiger partial charge in [-0.25, -0.2) is 0 Å². The molecule has 2 nitrogen and oxygen atoms in total. The summed E-state index contributed by atoms with van der Waals surface area (Å²) in [5.41, 5.74) is 0. The van der Waals surface area contributed by atoms with Crippen molar-refractivity contribution in [3.8, 4) is 0 Å².